The minimum atomic E-state index is -1.45. The van der Waals surface area contributed by atoms with Gasteiger partial charge < -0.3 is 55.2 Å². The number of amides is 3. The summed E-state index contributed by atoms with van der Waals surface area (Å²) in [6.07, 6.45) is -0.307. The second-order valence-electron chi connectivity index (χ2n) is 11.6. The van der Waals surface area contributed by atoms with E-state index >= 15 is 0 Å². The fourth-order valence-electron chi connectivity index (χ4n) is 4.83. The van der Waals surface area contributed by atoms with E-state index in [1.807, 2.05) is 0 Å². The first kappa shape index (κ1) is 41.9. The van der Waals surface area contributed by atoms with Crippen LogP contribution >= 0.6 is 0 Å². The van der Waals surface area contributed by atoms with E-state index in [1.54, 1.807) is 30.3 Å². The van der Waals surface area contributed by atoms with Crippen molar-refractivity contribution in [2.75, 3.05) is 19.7 Å². The number of guanidine groups is 2. The van der Waals surface area contributed by atoms with E-state index in [0.717, 1.165) is 0 Å². The van der Waals surface area contributed by atoms with E-state index in [2.05, 4.69) is 20.6 Å². The molecule has 0 aliphatic carbocycles. The smallest absolute Gasteiger partial charge is 0.306 e. The molecule has 0 aliphatic heterocycles. The van der Waals surface area contributed by atoms with E-state index in [0.29, 0.717) is 5.56 Å². The molecule has 0 radical (unpaired) electrons. The van der Waals surface area contributed by atoms with Gasteiger partial charge in [0.1, 0.15) is 6.04 Å². The van der Waals surface area contributed by atoms with Crippen LogP contribution in [0.2, 0.25) is 0 Å². The zero-order valence-corrected chi connectivity index (χ0v) is 27.5. The molecule has 0 spiro atoms. The molecule has 16 N–H and O–H groups in total. The largest absolute Gasteiger partial charge is 0.481 e. The highest BCUT2D eigenvalue weighted by molar-refractivity contribution is 5.95. The number of Topliss-reactive ketones (excluding diaryl/α,β-unsaturated/α-hetero) is 2. The van der Waals surface area contributed by atoms with Crippen molar-refractivity contribution in [3.05, 3.63) is 35.9 Å². The molecule has 1 unspecified atom stereocenters. The molecule has 5 atom stereocenters. The Labute approximate surface area is 284 Å². The number of primary amides is 1. The lowest BCUT2D eigenvalue weighted by molar-refractivity contribution is -0.144. The summed E-state index contributed by atoms with van der Waals surface area (Å²) < 4.78 is 0. The van der Waals surface area contributed by atoms with Crippen molar-refractivity contribution in [1.82, 2.24) is 10.6 Å². The van der Waals surface area contributed by atoms with Crippen molar-refractivity contribution in [1.29, 1.82) is 0 Å². The van der Waals surface area contributed by atoms with Crippen LogP contribution in [-0.2, 0) is 35.2 Å². The summed E-state index contributed by atoms with van der Waals surface area (Å²) >= 11 is 0. The van der Waals surface area contributed by atoms with Crippen LogP contribution in [0.1, 0.15) is 56.9 Å². The first-order chi connectivity index (χ1) is 23.1. The maximum Gasteiger partial charge on any atom is 0.306 e. The van der Waals surface area contributed by atoms with Gasteiger partial charge in [0.15, 0.2) is 23.5 Å². The van der Waals surface area contributed by atoms with Crippen molar-refractivity contribution in [2.24, 2.45) is 56.2 Å². The highest BCUT2D eigenvalue weighted by atomic mass is 16.4. The molecule has 18 nitrogen and oxygen atoms in total. The molecule has 0 fully saturated rings. The lowest BCUT2D eigenvalue weighted by Gasteiger charge is -2.24. The van der Waals surface area contributed by atoms with Crippen LogP contribution in [0, 0.1) is 11.8 Å². The summed E-state index contributed by atoms with van der Waals surface area (Å²) in [6, 6.07) is 5.04. The van der Waals surface area contributed by atoms with Crippen LogP contribution < -0.4 is 45.0 Å². The Bertz CT molecular complexity index is 1320. The lowest BCUT2D eigenvalue weighted by Crippen LogP contribution is -2.50. The van der Waals surface area contributed by atoms with Gasteiger partial charge in [-0.15, -0.1) is 0 Å². The van der Waals surface area contributed by atoms with Crippen molar-refractivity contribution in [3.63, 3.8) is 0 Å². The topological polar surface area (TPSA) is 348 Å². The number of hydrogen-bond acceptors (Lipinski definition) is 10. The van der Waals surface area contributed by atoms with Crippen LogP contribution in [0.25, 0.3) is 0 Å². The van der Waals surface area contributed by atoms with Crippen LogP contribution in [0.15, 0.2) is 40.3 Å². The minimum Gasteiger partial charge on any atom is -0.481 e. The number of carboxylic acid groups (broad SMARTS) is 1. The third-order valence-electron chi connectivity index (χ3n) is 7.52. The van der Waals surface area contributed by atoms with Crippen molar-refractivity contribution in [2.45, 2.75) is 75.9 Å². The average Bonchev–Trinajstić information content (AvgIpc) is 3.04. The Balaban J connectivity index is 3.18. The number of carbonyl (C=O) groups excluding carboxylic acids is 5. The number of carbonyl (C=O) groups is 6. The van der Waals surface area contributed by atoms with Crippen molar-refractivity contribution >= 4 is 47.2 Å². The van der Waals surface area contributed by atoms with E-state index < -0.39 is 78.2 Å². The molecule has 272 valence electrons. The Hall–Kier alpha value is -5.10. The highest BCUT2D eigenvalue weighted by Gasteiger charge is 2.32. The van der Waals surface area contributed by atoms with Crippen LogP contribution in [0.4, 0.5) is 0 Å². The number of aliphatic imine (C=N–C) groups is 2. The first-order valence-corrected chi connectivity index (χ1v) is 15.8. The van der Waals surface area contributed by atoms with E-state index in [-0.39, 0.29) is 76.4 Å². The molecule has 0 aliphatic rings. The minimum absolute atomic E-state index is 0.0509. The van der Waals surface area contributed by atoms with Crippen molar-refractivity contribution < 1.29 is 39.0 Å². The second-order valence-corrected chi connectivity index (χ2v) is 11.6. The zero-order chi connectivity index (χ0) is 36.9. The molecule has 1 rings (SSSR count). The van der Waals surface area contributed by atoms with Gasteiger partial charge in [-0.05, 0) is 44.1 Å². The van der Waals surface area contributed by atoms with Gasteiger partial charge in [0.2, 0.25) is 17.7 Å². The first-order valence-electron chi connectivity index (χ1n) is 15.8. The number of ketones is 2. The maximum atomic E-state index is 13.7. The molecule has 0 saturated carbocycles. The Kier molecular flexibility index (Phi) is 19.2. The molecule has 3 amide bonds. The third kappa shape index (κ3) is 17.6. The second kappa shape index (κ2) is 22.5. The fraction of sp³-hybridized carbons (Fsp3) is 0.548. The van der Waals surface area contributed by atoms with Gasteiger partial charge in [-0.3, -0.25) is 38.8 Å². The molecule has 1 aromatic carbocycles. The number of nitrogens with zero attached hydrogens (tertiary/aromatic N) is 2. The molecule has 49 heavy (non-hydrogen) atoms. The van der Waals surface area contributed by atoms with Crippen LogP contribution in [-0.4, -0.2) is 95.2 Å². The van der Waals surface area contributed by atoms with Gasteiger partial charge in [0.25, 0.3) is 0 Å². The zero-order valence-electron chi connectivity index (χ0n) is 27.5. The average molecular weight is 691 g/mol. The number of carboxylic acids is 1. The standard InChI is InChI=1S/C31H50N10O8/c32-21(10-11-26(33)45)28(47)40-22(9-5-13-39-31(36)37)24(43)16-20(14-18-6-2-1-3-7-18)27(46)41-23(17-42)25(44)15-19(29(48)49)8-4-12-38-30(34)35/h1-3,6-7,19-23,42H,4-5,8-17,32H2,(H2,33,45)(H,40,47)(H,41,46)(H,48,49)(H4,34,35,38)(H4,36,37,39)/t19?,20-,21+,22+,23+/m1/s1. The Morgan fingerprint density at radius 1 is 0.714 bits per heavy atom. The predicted molar refractivity (Wildman–Crippen MR) is 181 cm³/mol. The van der Waals surface area contributed by atoms with Gasteiger partial charge in [-0.25, -0.2) is 0 Å². The highest BCUT2D eigenvalue weighted by Crippen LogP contribution is 2.18. The van der Waals surface area contributed by atoms with Crippen LogP contribution in [0.5, 0.6) is 0 Å². The lowest BCUT2D eigenvalue weighted by atomic mass is 9.89. The van der Waals surface area contributed by atoms with E-state index in [9.17, 15) is 39.0 Å². The maximum absolute atomic E-state index is 13.7. The number of nitrogens with one attached hydrogen (secondary N) is 2. The molecule has 0 bridgehead atoms. The summed E-state index contributed by atoms with van der Waals surface area (Å²) in [5, 5.41) is 24.7. The summed E-state index contributed by atoms with van der Waals surface area (Å²) in [6.45, 7) is -0.510. The van der Waals surface area contributed by atoms with Gasteiger partial charge in [0.05, 0.1) is 24.6 Å². The summed E-state index contributed by atoms with van der Waals surface area (Å²) in [7, 11) is 0. The summed E-state index contributed by atoms with van der Waals surface area (Å²) in [5.74, 6) is -7.08. The summed E-state index contributed by atoms with van der Waals surface area (Å²) in [5.41, 5.74) is 33.1. The van der Waals surface area contributed by atoms with E-state index in [1.165, 1.54) is 0 Å². The number of aliphatic carboxylic acids is 1. The van der Waals surface area contributed by atoms with Gasteiger partial charge in [-0.2, -0.15) is 0 Å². The summed E-state index contributed by atoms with van der Waals surface area (Å²) in [4.78, 5) is 83.8. The SMILES string of the molecule is NC(=O)CC[C@H](N)C(=O)N[C@@H](CCCN=C(N)N)C(=O)C[C@@H](Cc1ccccc1)C(=O)N[C@@H](CO)C(=O)CC(CCCN=C(N)N)C(=O)O. The van der Waals surface area contributed by atoms with Crippen molar-refractivity contribution in [3.8, 4) is 0 Å². The van der Waals surface area contributed by atoms with Gasteiger partial charge >= 0.3 is 5.97 Å². The Morgan fingerprint density at radius 2 is 1.24 bits per heavy atom. The fourth-order valence-corrected chi connectivity index (χ4v) is 4.83. The molecule has 0 saturated heterocycles. The predicted octanol–water partition coefficient (Wildman–Crippen LogP) is -2.87. The molecule has 18 heteroatoms. The number of benzene rings is 1. The third-order valence-corrected chi connectivity index (χ3v) is 7.52. The number of rotatable bonds is 25. The quantitative estimate of drug-likeness (QED) is 0.0280. The molecule has 1 aromatic rings. The monoisotopic (exact) mass is 690 g/mol. The number of aliphatic hydroxyl groups excluding tert-OH is 1. The molecule has 0 heterocycles. The molecule has 0 aromatic heterocycles. The van der Waals surface area contributed by atoms with Crippen LogP contribution in [0.3, 0.4) is 0 Å². The van der Waals surface area contributed by atoms with Gasteiger partial charge in [0, 0.05) is 38.3 Å². The number of nitrogens with two attached hydrogens (primary N) is 6. The molecular weight excluding hydrogens is 640 g/mol. The van der Waals surface area contributed by atoms with Gasteiger partial charge in [-0.1, -0.05) is 30.3 Å². The molecular formula is C31H50N10O8. The normalized spacial score (nSPS) is 13.8. The number of hydrogen-bond donors (Lipinski definition) is 10. The number of aliphatic hydroxyl groups is 1. The Morgan fingerprint density at radius 3 is 1.78 bits per heavy atom. The van der Waals surface area contributed by atoms with E-state index in [4.69, 9.17) is 34.4 Å².